The van der Waals surface area contributed by atoms with E-state index in [-0.39, 0.29) is 12.6 Å². The van der Waals surface area contributed by atoms with Crippen molar-refractivity contribution >= 4 is 23.8 Å². The Morgan fingerprint density at radius 1 is 1.10 bits per heavy atom. The quantitative estimate of drug-likeness (QED) is 0.441. The Morgan fingerprint density at radius 2 is 1.81 bits per heavy atom. The first-order valence-corrected chi connectivity index (χ1v) is 9.13. The summed E-state index contributed by atoms with van der Waals surface area (Å²) >= 11 is 1.63. The molecule has 0 aromatic heterocycles. The van der Waals surface area contributed by atoms with Crippen LogP contribution in [0.4, 0.5) is 4.79 Å². The number of hydrogen-bond acceptors (Lipinski definition) is 5. The van der Waals surface area contributed by atoms with Crippen molar-refractivity contribution in [3.05, 3.63) is 0 Å². The largest absolute Gasteiger partial charge is 0.464 e. The highest BCUT2D eigenvalue weighted by Gasteiger charge is 2.22. The summed E-state index contributed by atoms with van der Waals surface area (Å²) in [6.45, 7) is 4.60. The first kappa shape index (κ1) is 20.1. The van der Waals surface area contributed by atoms with Gasteiger partial charge in [0.1, 0.15) is 6.04 Å². The molecule has 1 N–H and O–H groups in total. The van der Waals surface area contributed by atoms with Gasteiger partial charge >= 0.3 is 12.1 Å². The fraction of sp³-hybridized carbons (Fsp3) is 0.867. The van der Waals surface area contributed by atoms with Crippen LogP contribution in [0.1, 0.15) is 52.4 Å². The maximum Gasteiger partial charge on any atom is 0.407 e. The molecule has 6 heteroatoms. The highest BCUT2D eigenvalue weighted by molar-refractivity contribution is 7.98. The smallest absolute Gasteiger partial charge is 0.407 e. The van der Waals surface area contributed by atoms with E-state index in [1.807, 2.05) is 6.26 Å². The van der Waals surface area contributed by atoms with E-state index in [0.717, 1.165) is 18.6 Å². The molecule has 5 nitrogen and oxygen atoms in total. The van der Waals surface area contributed by atoms with Gasteiger partial charge in [0.25, 0.3) is 0 Å². The predicted octanol–water partition coefficient (Wildman–Crippen LogP) is 3.37. The second kappa shape index (κ2) is 14.0. The van der Waals surface area contributed by atoms with Crippen molar-refractivity contribution in [3.63, 3.8) is 0 Å². The SMILES string of the molecule is CCCCCCCOC(=O)C(CCSC)NC(=O)OCC. The van der Waals surface area contributed by atoms with Crippen LogP contribution in [0.15, 0.2) is 0 Å². The van der Waals surface area contributed by atoms with Crippen molar-refractivity contribution in [3.8, 4) is 0 Å². The van der Waals surface area contributed by atoms with Crippen molar-refractivity contribution in [1.29, 1.82) is 0 Å². The van der Waals surface area contributed by atoms with Crippen molar-refractivity contribution in [2.45, 2.75) is 58.4 Å². The van der Waals surface area contributed by atoms with Crippen LogP contribution in [0.3, 0.4) is 0 Å². The van der Waals surface area contributed by atoms with Gasteiger partial charge in [0.15, 0.2) is 0 Å². The van der Waals surface area contributed by atoms with E-state index in [0.29, 0.717) is 13.0 Å². The second-order valence-electron chi connectivity index (χ2n) is 4.78. The lowest BCUT2D eigenvalue weighted by Gasteiger charge is -2.17. The summed E-state index contributed by atoms with van der Waals surface area (Å²) in [5.74, 6) is 0.412. The zero-order valence-corrected chi connectivity index (χ0v) is 14.3. The van der Waals surface area contributed by atoms with Crippen LogP contribution in [0, 0.1) is 0 Å². The average molecular weight is 319 g/mol. The third-order valence-electron chi connectivity index (χ3n) is 2.95. The van der Waals surface area contributed by atoms with Crippen LogP contribution in [0.5, 0.6) is 0 Å². The molecular formula is C15H29NO4S. The lowest BCUT2D eigenvalue weighted by atomic mass is 10.2. The van der Waals surface area contributed by atoms with Gasteiger partial charge in [-0.15, -0.1) is 0 Å². The van der Waals surface area contributed by atoms with E-state index in [4.69, 9.17) is 9.47 Å². The first-order valence-electron chi connectivity index (χ1n) is 7.74. The second-order valence-corrected chi connectivity index (χ2v) is 5.77. The molecule has 0 saturated carbocycles. The molecule has 1 unspecified atom stereocenters. The number of esters is 1. The summed E-state index contributed by atoms with van der Waals surface area (Å²) in [7, 11) is 0. The monoisotopic (exact) mass is 319 g/mol. The number of unbranched alkanes of at least 4 members (excludes halogenated alkanes) is 4. The zero-order chi connectivity index (χ0) is 15.9. The fourth-order valence-corrected chi connectivity index (χ4v) is 2.25. The van der Waals surface area contributed by atoms with Gasteiger partial charge in [-0.2, -0.15) is 11.8 Å². The molecule has 21 heavy (non-hydrogen) atoms. The van der Waals surface area contributed by atoms with Crippen LogP contribution in [0.25, 0.3) is 0 Å². The van der Waals surface area contributed by atoms with Gasteiger partial charge in [-0.1, -0.05) is 32.6 Å². The van der Waals surface area contributed by atoms with Crippen molar-refractivity contribution < 1.29 is 19.1 Å². The number of alkyl carbamates (subject to hydrolysis) is 1. The molecule has 0 aliphatic heterocycles. The van der Waals surface area contributed by atoms with Gasteiger partial charge in [0.05, 0.1) is 13.2 Å². The summed E-state index contributed by atoms with van der Waals surface area (Å²) in [5.41, 5.74) is 0. The fourth-order valence-electron chi connectivity index (χ4n) is 1.78. The summed E-state index contributed by atoms with van der Waals surface area (Å²) in [6, 6.07) is -0.618. The standard InChI is InChI=1S/C15H29NO4S/c1-4-6-7-8-9-11-20-14(17)13(10-12-21-3)16-15(18)19-5-2/h13H,4-12H2,1-3H3,(H,16,18). The summed E-state index contributed by atoms with van der Waals surface area (Å²) in [5, 5.41) is 2.56. The van der Waals surface area contributed by atoms with Crippen molar-refractivity contribution in [2.24, 2.45) is 0 Å². The molecule has 0 saturated heterocycles. The van der Waals surface area contributed by atoms with E-state index in [1.165, 1.54) is 19.3 Å². The number of nitrogens with one attached hydrogen (secondary N) is 1. The Bertz CT molecular complexity index is 287. The molecule has 0 rings (SSSR count). The van der Waals surface area contributed by atoms with E-state index >= 15 is 0 Å². The minimum atomic E-state index is -0.618. The minimum absolute atomic E-state index is 0.285. The van der Waals surface area contributed by atoms with Gasteiger partial charge in [0.2, 0.25) is 0 Å². The molecule has 0 aliphatic rings. The van der Waals surface area contributed by atoms with Crippen molar-refractivity contribution in [2.75, 3.05) is 25.2 Å². The number of amides is 1. The molecule has 0 aromatic carbocycles. The Balaban J connectivity index is 4.03. The highest BCUT2D eigenvalue weighted by Crippen LogP contribution is 2.06. The van der Waals surface area contributed by atoms with Gasteiger partial charge < -0.3 is 14.8 Å². The van der Waals surface area contributed by atoms with E-state index in [9.17, 15) is 9.59 Å². The molecule has 0 aromatic rings. The van der Waals surface area contributed by atoms with Gasteiger partial charge in [0, 0.05) is 0 Å². The Morgan fingerprint density at radius 3 is 2.43 bits per heavy atom. The maximum atomic E-state index is 12.0. The molecule has 0 spiro atoms. The highest BCUT2D eigenvalue weighted by atomic mass is 32.2. The summed E-state index contributed by atoms with van der Waals surface area (Å²) in [6.07, 6.45) is 7.47. The molecule has 0 aliphatic carbocycles. The van der Waals surface area contributed by atoms with Crippen LogP contribution >= 0.6 is 11.8 Å². The molecule has 1 amide bonds. The average Bonchev–Trinajstić information content (AvgIpc) is 2.47. The first-order chi connectivity index (χ1) is 10.2. The number of thioether (sulfide) groups is 1. The van der Waals surface area contributed by atoms with E-state index in [1.54, 1.807) is 18.7 Å². The third-order valence-corrected chi connectivity index (χ3v) is 3.60. The predicted molar refractivity (Wildman–Crippen MR) is 86.7 cm³/mol. The number of ether oxygens (including phenoxy) is 2. The molecule has 0 heterocycles. The van der Waals surface area contributed by atoms with Crippen LogP contribution in [-0.4, -0.2) is 43.3 Å². The molecule has 0 fully saturated rings. The molecule has 0 bridgehead atoms. The summed E-state index contributed by atoms with van der Waals surface area (Å²) in [4.78, 5) is 23.4. The van der Waals surface area contributed by atoms with Crippen LogP contribution in [-0.2, 0) is 14.3 Å². The Labute approximate surface area is 132 Å². The summed E-state index contributed by atoms with van der Waals surface area (Å²) < 4.78 is 10.0. The number of hydrogen-bond donors (Lipinski definition) is 1. The zero-order valence-electron chi connectivity index (χ0n) is 13.5. The van der Waals surface area contributed by atoms with E-state index in [2.05, 4.69) is 12.2 Å². The van der Waals surface area contributed by atoms with Gasteiger partial charge in [-0.3, -0.25) is 0 Å². The topological polar surface area (TPSA) is 64.6 Å². The van der Waals surface area contributed by atoms with Crippen LogP contribution in [0.2, 0.25) is 0 Å². The molecule has 124 valence electrons. The molecule has 0 radical (unpaired) electrons. The van der Waals surface area contributed by atoms with E-state index < -0.39 is 12.1 Å². The minimum Gasteiger partial charge on any atom is -0.464 e. The van der Waals surface area contributed by atoms with Gasteiger partial charge in [-0.25, -0.2) is 9.59 Å². The van der Waals surface area contributed by atoms with Gasteiger partial charge in [-0.05, 0) is 31.8 Å². The lowest BCUT2D eigenvalue weighted by Crippen LogP contribution is -2.42. The lowest BCUT2D eigenvalue weighted by molar-refractivity contribution is -0.146. The molecule has 1 atom stereocenters. The third kappa shape index (κ3) is 11.4. The molecular weight excluding hydrogens is 290 g/mol. The number of rotatable bonds is 12. The Kier molecular flexibility index (Phi) is 13.4. The van der Waals surface area contributed by atoms with Crippen molar-refractivity contribution in [1.82, 2.24) is 5.32 Å². The van der Waals surface area contributed by atoms with Crippen LogP contribution < -0.4 is 5.32 Å². The normalized spacial score (nSPS) is 11.8. The Hall–Kier alpha value is -0.910. The number of carbonyl (C=O) groups is 2. The maximum absolute atomic E-state index is 12.0. The number of carbonyl (C=O) groups excluding carboxylic acids is 2.